The van der Waals surface area contributed by atoms with Crippen LogP contribution in [-0.2, 0) is 11.2 Å². The molecule has 0 unspecified atom stereocenters. The second-order valence-electron chi connectivity index (χ2n) is 7.82. The summed E-state index contributed by atoms with van der Waals surface area (Å²) >= 11 is 0. The molecule has 7 nitrogen and oxygen atoms in total. The van der Waals surface area contributed by atoms with E-state index in [2.05, 4.69) is 20.3 Å². The van der Waals surface area contributed by atoms with Gasteiger partial charge in [0.05, 0.1) is 12.1 Å². The number of nitrogens with zero attached hydrogens (tertiary/aromatic N) is 5. The van der Waals surface area contributed by atoms with Crippen LogP contribution in [0.3, 0.4) is 0 Å². The first-order valence-electron chi connectivity index (χ1n) is 10.4. The number of aromatic nitrogens is 3. The lowest BCUT2D eigenvalue weighted by molar-refractivity contribution is -0.130. The molecule has 3 heterocycles. The summed E-state index contributed by atoms with van der Waals surface area (Å²) in [4.78, 5) is 16.9. The van der Waals surface area contributed by atoms with Gasteiger partial charge in [-0.15, -0.1) is 10.2 Å². The van der Waals surface area contributed by atoms with E-state index < -0.39 is 0 Å². The first kappa shape index (κ1) is 19.2. The van der Waals surface area contributed by atoms with Gasteiger partial charge < -0.3 is 14.3 Å². The van der Waals surface area contributed by atoms with Crippen molar-refractivity contribution >= 4 is 22.7 Å². The molecule has 5 rings (SSSR count). The van der Waals surface area contributed by atoms with Crippen LogP contribution in [0.4, 0.5) is 5.82 Å². The molecule has 2 aromatic carbocycles. The van der Waals surface area contributed by atoms with Gasteiger partial charge in [0.1, 0.15) is 5.69 Å². The lowest BCUT2D eigenvalue weighted by Crippen LogP contribution is -2.49. The van der Waals surface area contributed by atoms with Crippen LogP contribution in [0.15, 0.2) is 65.2 Å². The van der Waals surface area contributed by atoms with Gasteiger partial charge in [-0.3, -0.25) is 4.79 Å². The summed E-state index contributed by atoms with van der Waals surface area (Å²) in [6.45, 7) is 4.77. The maximum Gasteiger partial charge on any atom is 0.228 e. The zero-order valence-electron chi connectivity index (χ0n) is 17.4. The molecule has 7 heteroatoms. The molecule has 1 aliphatic heterocycles. The topological polar surface area (TPSA) is 75.4 Å². The molecule has 0 N–H and O–H groups in total. The van der Waals surface area contributed by atoms with Gasteiger partial charge in [-0.1, -0.05) is 47.1 Å². The van der Waals surface area contributed by atoms with E-state index in [1.54, 1.807) is 0 Å². The summed E-state index contributed by atoms with van der Waals surface area (Å²) in [5.41, 5.74) is 4.45. The number of amides is 1. The average molecular weight is 413 g/mol. The van der Waals surface area contributed by atoms with E-state index in [9.17, 15) is 4.79 Å². The van der Waals surface area contributed by atoms with Gasteiger partial charge in [0.15, 0.2) is 11.4 Å². The second kappa shape index (κ2) is 8.18. The Balaban J connectivity index is 1.21. The van der Waals surface area contributed by atoms with Crippen LogP contribution in [0.2, 0.25) is 0 Å². The van der Waals surface area contributed by atoms with Crippen LogP contribution in [0.25, 0.3) is 22.2 Å². The quantitative estimate of drug-likeness (QED) is 0.510. The molecule has 0 aliphatic carbocycles. The van der Waals surface area contributed by atoms with Gasteiger partial charge in [-0.25, -0.2) is 0 Å². The minimum atomic E-state index is 0.0712. The van der Waals surface area contributed by atoms with Crippen molar-refractivity contribution in [1.29, 1.82) is 0 Å². The highest BCUT2D eigenvalue weighted by Gasteiger charge is 2.24. The summed E-state index contributed by atoms with van der Waals surface area (Å²) in [5, 5.41) is 13.8. The van der Waals surface area contributed by atoms with E-state index in [0.717, 1.165) is 46.7 Å². The molecule has 1 aliphatic rings. The molecule has 1 amide bonds. The molecular formula is C24H23N5O2. The molecule has 156 valence electrons. The van der Waals surface area contributed by atoms with Gasteiger partial charge in [-0.05, 0) is 31.2 Å². The molecule has 0 radical (unpaired) electrons. The van der Waals surface area contributed by atoms with Crippen LogP contribution in [-0.4, -0.2) is 52.3 Å². The SMILES string of the molecule is Cc1ccc2onc(CC(=O)N3CCN(c4ccc(-c5ccccc5)nn4)CC3)c2c1. The van der Waals surface area contributed by atoms with Crippen molar-refractivity contribution in [3.8, 4) is 11.3 Å². The molecular weight excluding hydrogens is 390 g/mol. The van der Waals surface area contributed by atoms with Crippen LogP contribution in [0.5, 0.6) is 0 Å². The normalized spacial score (nSPS) is 14.2. The maximum atomic E-state index is 12.8. The second-order valence-corrected chi connectivity index (χ2v) is 7.82. The molecule has 0 bridgehead atoms. The number of carbonyl (C=O) groups is 1. The smallest absolute Gasteiger partial charge is 0.228 e. The van der Waals surface area contributed by atoms with Gasteiger partial charge in [0.25, 0.3) is 0 Å². The highest BCUT2D eigenvalue weighted by atomic mass is 16.5. The molecule has 2 aromatic heterocycles. The molecule has 31 heavy (non-hydrogen) atoms. The molecule has 0 saturated carbocycles. The van der Waals surface area contributed by atoms with E-state index >= 15 is 0 Å². The summed E-state index contributed by atoms with van der Waals surface area (Å²) in [7, 11) is 0. The lowest BCUT2D eigenvalue weighted by Gasteiger charge is -2.35. The number of hydrogen-bond acceptors (Lipinski definition) is 6. The van der Waals surface area contributed by atoms with E-state index in [1.165, 1.54) is 0 Å². The van der Waals surface area contributed by atoms with Gasteiger partial charge in [0, 0.05) is 37.1 Å². The maximum absolute atomic E-state index is 12.8. The monoisotopic (exact) mass is 413 g/mol. The van der Waals surface area contributed by atoms with Crippen molar-refractivity contribution in [2.24, 2.45) is 0 Å². The molecule has 0 atom stereocenters. The highest BCUT2D eigenvalue weighted by molar-refractivity contribution is 5.86. The fourth-order valence-corrected chi connectivity index (χ4v) is 3.93. The van der Waals surface area contributed by atoms with Crippen molar-refractivity contribution in [2.75, 3.05) is 31.1 Å². The Kier molecular flexibility index (Phi) is 5.08. The predicted molar refractivity (Wildman–Crippen MR) is 119 cm³/mol. The minimum Gasteiger partial charge on any atom is -0.356 e. The molecule has 1 fully saturated rings. The fourth-order valence-electron chi connectivity index (χ4n) is 3.93. The summed E-state index contributed by atoms with van der Waals surface area (Å²) < 4.78 is 5.36. The number of benzene rings is 2. The zero-order valence-corrected chi connectivity index (χ0v) is 17.4. The number of piperazine rings is 1. The van der Waals surface area contributed by atoms with Crippen LogP contribution in [0, 0.1) is 6.92 Å². The van der Waals surface area contributed by atoms with Crippen molar-refractivity contribution in [1.82, 2.24) is 20.3 Å². The van der Waals surface area contributed by atoms with Crippen molar-refractivity contribution in [2.45, 2.75) is 13.3 Å². The van der Waals surface area contributed by atoms with E-state index in [4.69, 9.17) is 4.52 Å². The Labute approximate surface area is 180 Å². The highest BCUT2D eigenvalue weighted by Crippen LogP contribution is 2.22. The number of fused-ring (bicyclic) bond motifs is 1. The number of aryl methyl sites for hydroxylation is 1. The van der Waals surface area contributed by atoms with Crippen LogP contribution >= 0.6 is 0 Å². The number of rotatable bonds is 4. The van der Waals surface area contributed by atoms with E-state index in [-0.39, 0.29) is 12.3 Å². The lowest BCUT2D eigenvalue weighted by atomic mass is 10.1. The van der Waals surface area contributed by atoms with Crippen molar-refractivity contribution in [3.63, 3.8) is 0 Å². The van der Waals surface area contributed by atoms with Crippen molar-refractivity contribution in [3.05, 3.63) is 71.9 Å². The third-order valence-corrected chi connectivity index (χ3v) is 5.70. The largest absolute Gasteiger partial charge is 0.356 e. The fraction of sp³-hybridized carbons (Fsp3) is 0.250. The standard InChI is InChI=1S/C24H23N5O2/c1-17-7-9-22-19(15-17)21(27-31-22)16-24(30)29-13-11-28(12-14-29)23-10-8-20(25-26-23)18-5-3-2-4-6-18/h2-10,15H,11-14,16H2,1H3. The summed E-state index contributed by atoms with van der Waals surface area (Å²) in [6, 6.07) is 19.9. The van der Waals surface area contributed by atoms with Crippen LogP contribution in [0.1, 0.15) is 11.3 Å². The summed E-state index contributed by atoms with van der Waals surface area (Å²) in [5.74, 6) is 0.909. The zero-order chi connectivity index (χ0) is 21.2. The third-order valence-electron chi connectivity index (χ3n) is 5.70. The van der Waals surface area contributed by atoms with Gasteiger partial charge >= 0.3 is 0 Å². The average Bonchev–Trinajstić information content (AvgIpc) is 3.21. The number of carbonyl (C=O) groups excluding carboxylic acids is 1. The number of hydrogen-bond donors (Lipinski definition) is 0. The van der Waals surface area contributed by atoms with E-state index in [0.29, 0.717) is 18.8 Å². The van der Waals surface area contributed by atoms with E-state index in [1.807, 2.05) is 72.5 Å². The van der Waals surface area contributed by atoms with Crippen molar-refractivity contribution < 1.29 is 9.32 Å². The minimum absolute atomic E-state index is 0.0712. The first-order chi connectivity index (χ1) is 15.2. The van der Waals surface area contributed by atoms with Crippen LogP contribution < -0.4 is 4.90 Å². The molecule has 0 spiro atoms. The Hall–Kier alpha value is -3.74. The Morgan fingerprint density at radius 2 is 1.77 bits per heavy atom. The van der Waals surface area contributed by atoms with Gasteiger partial charge in [-0.2, -0.15) is 0 Å². The third kappa shape index (κ3) is 3.99. The molecule has 1 saturated heterocycles. The Morgan fingerprint density at radius 3 is 2.52 bits per heavy atom. The van der Waals surface area contributed by atoms with Gasteiger partial charge in [0.2, 0.25) is 5.91 Å². The predicted octanol–water partition coefficient (Wildman–Crippen LogP) is 3.48. The Morgan fingerprint density at radius 1 is 0.968 bits per heavy atom. The Bertz CT molecular complexity index is 1200. The number of anilines is 1. The summed E-state index contributed by atoms with van der Waals surface area (Å²) in [6.07, 6.45) is 0.252. The molecule has 4 aromatic rings. The first-order valence-corrected chi connectivity index (χ1v) is 10.4.